The average molecular weight is 241 g/mol. The van der Waals surface area contributed by atoms with Crippen LogP contribution in [0, 0.1) is 5.82 Å². The van der Waals surface area contributed by atoms with Gasteiger partial charge in [0.05, 0.1) is 19.3 Å². The fourth-order valence-electron chi connectivity index (χ4n) is 2.01. The molecule has 2 atom stereocenters. The average Bonchev–Trinajstić information content (AvgIpc) is 2.36. The van der Waals surface area contributed by atoms with E-state index in [1.165, 1.54) is 7.11 Å². The van der Waals surface area contributed by atoms with E-state index in [-0.39, 0.29) is 23.7 Å². The van der Waals surface area contributed by atoms with Gasteiger partial charge in [-0.15, -0.1) is 0 Å². The van der Waals surface area contributed by atoms with Gasteiger partial charge in [-0.05, 0) is 19.5 Å². The van der Waals surface area contributed by atoms with Crippen LogP contribution in [-0.2, 0) is 4.74 Å². The molecule has 0 bridgehead atoms. The molecule has 0 aliphatic carbocycles. The van der Waals surface area contributed by atoms with E-state index in [0.29, 0.717) is 5.56 Å². The number of nitrogens with one attached hydrogen (secondary N) is 1. The minimum atomic E-state index is -0.329. The highest BCUT2D eigenvalue weighted by molar-refractivity contribution is 5.33. The number of rotatable bonds is 6. The van der Waals surface area contributed by atoms with E-state index < -0.39 is 0 Å². The molecule has 1 aromatic carbocycles. The summed E-state index contributed by atoms with van der Waals surface area (Å²) in [7, 11) is 4.89. The molecule has 0 saturated heterocycles. The van der Waals surface area contributed by atoms with Gasteiger partial charge in [0.2, 0.25) is 0 Å². The summed E-state index contributed by atoms with van der Waals surface area (Å²) in [6, 6.07) is 4.96. The molecular formula is C13H20FNO2. The summed E-state index contributed by atoms with van der Waals surface area (Å²) >= 11 is 0. The summed E-state index contributed by atoms with van der Waals surface area (Å²) in [5, 5.41) is 3.09. The molecule has 4 heteroatoms. The molecule has 96 valence electrons. The van der Waals surface area contributed by atoms with E-state index in [1.54, 1.807) is 32.4 Å². The van der Waals surface area contributed by atoms with Crippen LogP contribution in [0.2, 0.25) is 0 Å². The van der Waals surface area contributed by atoms with Gasteiger partial charge < -0.3 is 14.8 Å². The molecule has 0 radical (unpaired) electrons. The van der Waals surface area contributed by atoms with E-state index >= 15 is 0 Å². The van der Waals surface area contributed by atoms with E-state index in [0.717, 1.165) is 6.42 Å². The lowest BCUT2D eigenvalue weighted by Gasteiger charge is -2.25. The molecule has 0 aliphatic heterocycles. The van der Waals surface area contributed by atoms with Crippen molar-refractivity contribution >= 4 is 0 Å². The Hall–Kier alpha value is -1.13. The first-order valence-corrected chi connectivity index (χ1v) is 5.72. The number of halogens is 1. The van der Waals surface area contributed by atoms with Crippen molar-refractivity contribution in [2.24, 2.45) is 0 Å². The predicted octanol–water partition coefficient (Wildman–Crippen LogP) is 2.52. The van der Waals surface area contributed by atoms with E-state index in [1.807, 2.05) is 6.92 Å². The second kappa shape index (κ2) is 6.57. The van der Waals surface area contributed by atoms with Crippen LogP contribution >= 0.6 is 0 Å². The summed E-state index contributed by atoms with van der Waals surface area (Å²) in [6.07, 6.45) is 0.736. The van der Waals surface area contributed by atoms with Crippen LogP contribution in [0.1, 0.15) is 24.9 Å². The van der Waals surface area contributed by atoms with Crippen molar-refractivity contribution in [3.05, 3.63) is 29.6 Å². The largest absolute Gasteiger partial charge is 0.494 e. The first-order chi connectivity index (χ1) is 8.19. The van der Waals surface area contributed by atoms with Gasteiger partial charge in [-0.1, -0.05) is 19.1 Å². The molecule has 1 rings (SSSR count). The molecule has 17 heavy (non-hydrogen) atoms. The zero-order valence-corrected chi connectivity index (χ0v) is 10.8. The Morgan fingerprint density at radius 2 is 2.06 bits per heavy atom. The molecule has 0 aliphatic rings. The number of ether oxygens (including phenoxy) is 2. The van der Waals surface area contributed by atoms with E-state index in [4.69, 9.17) is 9.47 Å². The highest BCUT2D eigenvalue weighted by Gasteiger charge is 2.24. The molecule has 2 unspecified atom stereocenters. The molecule has 0 heterocycles. The maximum atomic E-state index is 14.1. The molecule has 0 saturated carbocycles. The fraction of sp³-hybridized carbons (Fsp3) is 0.538. The van der Waals surface area contributed by atoms with Crippen LogP contribution in [-0.4, -0.2) is 27.4 Å². The fourth-order valence-corrected chi connectivity index (χ4v) is 2.01. The standard InChI is InChI=1S/C13H20FNO2/c1-5-10(16-3)13(15-2)9-7-6-8-11(17-4)12(9)14/h6-8,10,13,15H,5H2,1-4H3. The van der Waals surface area contributed by atoms with Crippen molar-refractivity contribution in [3.8, 4) is 5.75 Å². The molecule has 1 N–H and O–H groups in total. The van der Waals surface area contributed by atoms with Crippen molar-refractivity contribution in [1.82, 2.24) is 5.32 Å². The third-order valence-electron chi connectivity index (χ3n) is 2.94. The van der Waals surface area contributed by atoms with Gasteiger partial charge >= 0.3 is 0 Å². The van der Waals surface area contributed by atoms with Gasteiger partial charge in [0.25, 0.3) is 0 Å². The van der Waals surface area contributed by atoms with Crippen molar-refractivity contribution in [3.63, 3.8) is 0 Å². The van der Waals surface area contributed by atoms with Crippen LogP contribution in [0.15, 0.2) is 18.2 Å². The van der Waals surface area contributed by atoms with Crippen molar-refractivity contribution in [1.29, 1.82) is 0 Å². The summed E-state index contributed by atoms with van der Waals surface area (Å²) in [5.41, 5.74) is 0.570. The third-order valence-corrected chi connectivity index (χ3v) is 2.94. The zero-order chi connectivity index (χ0) is 12.8. The first kappa shape index (κ1) is 13.9. The number of likely N-dealkylation sites (N-methyl/N-ethyl adjacent to an activating group) is 1. The van der Waals surface area contributed by atoms with Gasteiger partial charge in [-0.2, -0.15) is 0 Å². The number of benzene rings is 1. The summed E-state index contributed by atoms with van der Waals surface area (Å²) in [4.78, 5) is 0. The number of hydrogen-bond acceptors (Lipinski definition) is 3. The number of hydrogen-bond donors (Lipinski definition) is 1. The third kappa shape index (κ3) is 2.96. The molecule has 3 nitrogen and oxygen atoms in total. The zero-order valence-electron chi connectivity index (χ0n) is 10.8. The van der Waals surface area contributed by atoms with Gasteiger partial charge in [0.1, 0.15) is 0 Å². The molecular weight excluding hydrogens is 221 g/mol. The van der Waals surface area contributed by atoms with Crippen molar-refractivity contribution in [2.45, 2.75) is 25.5 Å². The first-order valence-electron chi connectivity index (χ1n) is 5.72. The second-order valence-corrected chi connectivity index (χ2v) is 3.81. The van der Waals surface area contributed by atoms with Gasteiger partial charge in [-0.25, -0.2) is 4.39 Å². The van der Waals surface area contributed by atoms with Gasteiger partial charge in [0, 0.05) is 12.7 Å². The molecule has 0 aromatic heterocycles. The Kier molecular flexibility index (Phi) is 5.38. The van der Waals surface area contributed by atoms with Crippen LogP contribution in [0.5, 0.6) is 5.75 Å². The SMILES string of the molecule is CCC(OC)C(NC)c1cccc(OC)c1F. The lowest BCUT2D eigenvalue weighted by molar-refractivity contribution is 0.0663. The van der Waals surface area contributed by atoms with E-state index in [9.17, 15) is 4.39 Å². The summed E-state index contributed by atoms with van der Waals surface area (Å²) in [5.74, 6) is -0.0708. The molecule has 0 amide bonds. The van der Waals surface area contributed by atoms with Crippen molar-refractivity contribution < 1.29 is 13.9 Å². The minimum Gasteiger partial charge on any atom is -0.494 e. The Balaban J connectivity index is 3.11. The molecule has 0 spiro atoms. The van der Waals surface area contributed by atoms with Gasteiger partial charge in [-0.3, -0.25) is 0 Å². The lowest BCUT2D eigenvalue weighted by Crippen LogP contribution is -2.31. The quantitative estimate of drug-likeness (QED) is 0.830. The predicted molar refractivity (Wildman–Crippen MR) is 65.8 cm³/mol. The summed E-state index contributed by atoms with van der Waals surface area (Å²) < 4.78 is 24.5. The number of methoxy groups -OCH3 is 2. The lowest BCUT2D eigenvalue weighted by atomic mass is 9.99. The Bertz CT molecular complexity index is 353. The monoisotopic (exact) mass is 241 g/mol. The molecule has 0 fully saturated rings. The Morgan fingerprint density at radius 3 is 2.53 bits per heavy atom. The highest BCUT2D eigenvalue weighted by atomic mass is 19.1. The maximum Gasteiger partial charge on any atom is 0.169 e. The smallest absolute Gasteiger partial charge is 0.169 e. The van der Waals surface area contributed by atoms with Crippen LogP contribution in [0.3, 0.4) is 0 Å². The normalized spacial score (nSPS) is 14.4. The topological polar surface area (TPSA) is 30.5 Å². The maximum absolute atomic E-state index is 14.1. The van der Waals surface area contributed by atoms with Gasteiger partial charge in [0.15, 0.2) is 11.6 Å². The van der Waals surface area contributed by atoms with Crippen LogP contribution in [0.4, 0.5) is 4.39 Å². The Morgan fingerprint density at radius 1 is 1.35 bits per heavy atom. The van der Waals surface area contributed by atoms with Crippen molar-refractivity contribution in [2.75, 3.05) is 21.3 Å². The minimum absolute atomic E-state index is 0.0680. The summed E-state index contributed by atoms with van der Waals surface area (Å²) in [6.45, 7) is 2.01. The second-order valence-electron chi connectivity index (χ2n) is 3.81. The Labute approximate surface area is 102 Å². The van der Waals surface area contributed by atoms with Crippen LogP contribution in [0.25, 0.3) is 0 Å². The van der Waals surface area contributed by atoms with E-state index in [2.05, 4.69) is 5.32 Å². The molecule has 1 aromatic rings. The van der Waals surface area contributed by atoms with Crippen LogP contribution < -0.4 is 10.1 Å². The highest BCUT2D eigenvalue weighted by Crippen LogP contribution is 2.28.